The van der Waals surface area contributed by atoms with Gasteiger partial charge in [0.05, 0.1) is 0 Å². The Morgan fingerprint density at radius 1 is 1.64 bits per heavy atom. The molecule has 0 aliphatic carbocycles. The van der Waals surface area contributed by atoms with Gasteiger partial charge in [-0.15, -0.1) is 0 Å². The standard InChI is InChI=1S/C10H20N4/c1-4-14-6-5-12-10(14)13(3)8-9(2)7-11/h5-6,9H,4,7-8,11H2,1-3H3. The third-order valence-electron chi connectivity index (χ3n) is 2.36. The number of aromatic nitrogens is 2. The van der Waals surface area contributed by atoms with Crippen molar-refractivity contribution < 1.29 is 0 Å². The molecule has 0 spiro atoms. The highest BCUT2D eigenvalue weighted by molar-refractivity contribution is 5.29. The molecule has 1 aromatic rings. The zero-order valence-corrected chi connectivity index (χ0v) is 9.27. The molecular weight excluding hydrogens is 176 g/mol. The van der Waals surface area contributed by atoms with Crippen molar-refractivity contribution in [2.45, 2.75) is 20.4 Å². The molecule has 0 aliphatic heterocycles. The predicted octanol–water partition coefficient (Wildman–Crippen LogP) is 0.934. The first kappa shape index (κ1) is 11.0. The molecule has 0 bridgehead atoms. The Bertz CT molecular complexity index is 269. The van der Waals surface area contributed by atoms with Crippen LogP contribution in [0.2, 0.25) is 0 Å². The van der Waals surface area contributed by atoms with E-state index < -0.39 is 0 Å². The second-order valence-corrected chi connectivity index (χ2v) is 3.73. The van der Waals surface area contributed by atoms with Gasteiger partial charge in [0.1, 0.15) is 0 Å². The fourth-order valence-electron chi connectivity index (χ4n) is 1.51. The van der Waals surface area contributed by atoms with E-state index in [0.29, 0.717) is 5.92 Å². The average molecular weight is 196 g/mol. The summed E-state index contributed by atoms with van der Waals surface area (Å²) < 4.78 is 2.13. The number of hydrogen-bond acceptors (Lipinski definition) is 3. The normalized spacial score (nSPS) is 12.9. The highest BCUT2D eigenvalue weighted by Gasteiger charge is 2.09. The smallest absolute Gasteiger partial charge is 0.205 e. The van der Waals surface area contributed by atoms with Crippen molar-refractivity contribution in [1.29, 1.82) is 0 Å². The van der Waals surface area contributed by atoms with Crippen LogP contribution >= 0.6 is 0 Å². The number of nitrogens with zero attached hydrogens (tertiary/aromatic N) is 3. The van der Waals surface area contributed by atoms with Gasteiger partial charge in [0.2, 0.25) is 5.95 Å². The summed E-state index contributed by atoms with van der Waals surface area (Å²) in [5, 5.41) is 0. The molecule has 0 aliphatic rings. The van der Waals surface area contributed by atoms with Crippen LogP contribution in [0.15, 0.2) is 12.4 Å². The van der Waals surface area contributed by atoms with Crippen molar-refractivity contribution in [3.63, 3.8) is 0 Å². The fraction of sp³-hybridized carbons (Fsp3) is 0.700. The lowest BCUT2D eigenvalue weighted by atomic mass is 10.2. The van der Waals surface area contributed by atoms with Gasteiger partial charge in [0, 0.05) is 32.5 Å². The lowest BCUT2D eigenvalue weighted by Crippen LogP contribution is -2.30. The molecule has 2 N–H and O–H groups in total. The minimum absolute atomic E-state index is 0.502. The van der Waals surface area contributed by atoms with Gasteiger partial charge < -0.3 is 15.2 Å². The summed E-state index contributed by atoms with van der Waals surface area (Å²) in [6, 6.07) is 0. The number of imidazole rings is 1. The van der Waals surface area contributed by atoms with Crippen molar-refractivity contribution in [2.75, 3.05) is 25.0 Å². The van der Waals surface area contributed by atoms with Crippen LogP contribution in [0.5, 0.6) is 0 Å². The van der Waals surface area contributed by atoms with E-state index in [-0.39, 0.29) is 0 Å². The zero-order valence-electron chi connectivity index (χ0n) is 9.27. The zero-order chi connectivity index (χ0) is 10.6. The molecule has 1 rings (SSSR count). The molecule has 4 heteroatoms. The second-order valence-electron chi connectivity index (χ2n) is 3.73. The van der Waals surface area contributed by atoms with E-state index >= 15 is 0 Å². The Hall–Kier alpha value is -1.03. The summed E-state index contributed by atoms with van der Waals surface area (Å²) in [5.74, 6) is 1.52. The maximum Gasteiger partial charge on any atom is 0.205 e. The SMILES string of the molecule is CCn1ccnc1N(C)CC(C)CN. The molecular formula is C10H20N4. The third-order valence-corrected chi connectivity index (χ3v) is 2.36. The van der Waals surface area contributed by atoms with Crippen molar-refractivity contribution in [3.8, 4) is 0 Å². The van der Waals surface area contributed by atoms with E-state index in [1.54, 1.807) is 0 Å². The van der Waals surface area contributed by atoms with E-state index in [2.05, 4.69) is 35.3 Å². The minimum atomic E-state index is 0.502. The summed E-state index contributed by atoms with van der Waals surface area (Å²) in [7, 11) is 2.06. The van der Waals surface area contributed by atoms with Crippen LogP contribution in [-0.4, -0.2) is 29.7 Å². The average Bonchev–Trinajstić information content (AvgIpc) is 2.65. The van der Waals surface area contributed by atoms with E-state index in [9.17, 15) is 0 Å². The van der Waals surface area contributed by atoms with Gasteiger partial charge in [-0.25, -0.2) is 4.98 Å². The number of nitrogens with two attached hydrogens (primary N) is 1. The molecule has 1 atom stereocenters. The monoisotopic (exact) mass is 196 g/mol. The van der Waals surface area contributed by atoms with Crippen molar-refractivity contribution in [3.05, 3.63) is 12.4 Å². The molecule has 0 aromatic carbocycles. The van der Waals surface area contributed by atoms with Gasteiger partial charge in [0.25, 0.3) is 0 Å². The Morgan fingerprint density at radius 3 is 2.93 bits per heavy atom. The summed E-state index contributed by atoms with van der Waals surface area (Å²) in [6.07, 6.45) is 3.83. The lowest BCUT2D eigenvalue weighted by molar-refractivity contribution is 0.576. The molecule has 1 unspecified atom stereocenters. The number of hydrogen-bond donors (Lipinski definition) is 1. The Morgan fingerprint density at radius 2 is 2.36 bits per heavy atom. The molecule has 1 aromatic heterocycles. The third kappa shape index (κ3) is 2.48. The van der Waals surface area contributed by atoms with Crippen LogP contribution in [0.4, 0.5) is 5.95 Å². The van der Waals surface area contributed by atoms with Crippen molar-refractivity contribution >= 4 is 5.95 Å². The van der Waals surface area contributed by atoms with Crippen molar-refractivity contribution in [1.82, 2.24) is 9.55 Å². The summed E-state index contributed by atoms with van der Waals surface area (Å²) >= 11 is 0. The Kier molecular flexibility index (Phi) is 3.95. The lowest BCUT2D eigenvalue weighted by Gasteiger charge is -2.22. The van der Waals surface area contributed by atoms with E-state index in [1.165, 1.54) is 0 Å². The Labute approximate surface area is 85.7 Å². The number of aryl methyl sites for hydroxylation is 1. The van der Waals surface area contributed by atoms with Crippen LogP contribution in [0.25, 0.3) is 0 Å². The maximum atomic E-state index is 5.59. The van der Waals surface area contributed by atoms with Crippen molar-refractivity contribution in [2.24, 2.45) is 11.7 Å². The largest absolute Gasteiger partial charge is 0.345 e. The summed E-state index contributed by atoms with van der Waals surface area (Å²) in [5.41, 5.74) is 5.59. The molecule has 0 saturated carbocycles. The Balaban J connectivity index is 2.64. The molecule has 0 fully saturated rings. The molecule has 4 nitrogen and oxygen atoms in total. The number of anilines is 1. The van der Waals surface area contributed by atoms with Gasteiger partial charge >= 0.3 is 0 Å². The molecule has 14 heavy (non-hydrogen) atoms. The quantitative estimate of drug-likeness (QED) is 0.762. The minimum Gasteiger partial charge on any atom is -0.345 e. The summed E-state index contributed by atoms with van der Waals surface area (Å²) in [4.78, 5) is 6.48. The molecule has 0 saturated heterocycles. The van der Waals surface area contributed by atoms with Crippen LogP contribution in [-0.2, 0) is 6.54 Å². The van der Waals surface area contributed by atoms with E-state index in [0.717, 1.165) is 25.6 Å². The van der Waals surface area contributed by atoms with Crippen LogP contribution in [0.1, 0.15) is 13.8 Å². The van der Waals surface area contributed by atoms with Crippen LogP contribution in [0, 0.1) is 5.92 Å². The van der Waals surface area contributed by atoms with Gasteiger partial charge in [-0.1, -0.05) is 6.92 Å². The predicted molar refractivity (Wildman–Crippen MR) is 59.4 cm³/mol. The first-order chi connectivity index (χ1) is 6.69. The van der Waals surface area contributed by atoms with Gasteiger partial charge in [-0.2, -0.15) is 0 Å². The second kappa shape index (κ2) is 5.00. The fourth-order valence-corrected chi connectivity index (χ4v) is 1.51. The van der Waals surface area contributed by atoms with Crippen LogP contribution in [0.3, 0.4) is 0 Å². The topological polar surface area (TPSA) is 47.1 Å². The highest BCUT2D eigenvalue weighted by Crippen LogP contribution is 2.10. The highest BCUT2D eigenvalue weighted by atomic mass is 15.3. The van der Waals surface area contributed by atoms with Gasteiger partial charge in [0.15, 0.2) is 0 Å². The first-order valence-corrected chi connectivity index (χ1v) is 5.11. The van der Waals surface area contributed by atoms with E-state index in [4.69, 9.17) is 5.73 Å². The molecule has 80 valence electrons. The molecule has 0 amide bonds. The number of rotatable bonds is 5. The molecule has 0 radical (unpaired) electrons. The van der Waals surface area contributed by atoms with Crippen LogP contribution < -0.4 is 10.6 Å². The van der Waals surface area contributed by atoms with Gasteiger partial charge in [-0.3, -0.25) is 0 Å². The summed E-state index contributed by atoms with van der Waals surface area (Å²) in [6.45, 7) is 6.89. The van der Waals surface area contributed by atoms with E-state index in [1.807, 2.05) is 12.4 Å². The first-order valence-electron chi connectivity index (χ1n) is 5.11. The maximum absolute atomic E-state index is 5.59. The molecule has 1 heterocycles. The van der Waals surface area contributed by atoms with Gasteiger partial charge in [-0.05, 0) is 19.4 Å².